The average molecular weight is 382 g/mol. The summed E-state index contributed by atoms with van der Waals surface area (Å²) in [6.45, 7) is 4.16. The lowest BCUT2D eigenvalue weighted by Gasteiger charge is -2.26. The van der Waals surface area contributed by atoms with Crippen molar-refractivity contribution in [1.82, 2.24) is 4.90 Å². The molecule has 1 saturated heterocycles. The quantitative estimate of drug-likeness (QED) is 0.640. The van der Waals surface area contributed by atoms with E-state index in [1.807, 2.05) is 29.2 Å². The van der Waals surface area contributed by atoms with Gasteiger partial charge in [-0.1, -0.05) is 42.0 Å². The summed E-state index contributed by atoms with van der Waals surface area (Å²) in [6.07, 6.45) is 4.63. The Morgan fingerprint density at radius 2 is 2.00 bits per heavy atom. The number of amides is 1. The molecule has 1 aliphatic rings. The third-order valence-electron chi connectivity index (χ3n) is 5.28. The van der Waals surface area contributed by atoms with Gasteiger partial charge >= 0.3 is 0 Å². The molecule has 1 unspecified atom stereocenters. The molecule has 28 heavy (non-hydrogen) atoms. The summed E-state index contributed by atoms with van der Waals surface area (Å²) in [6, 6.07) is 16.5. The van der Waals surface area contributed by atoms with E-state index in [0.29, 0.717) is 19.5 Å². The number of methoxy groups -OCH3 is 1. The second kappa shape index (κ2) is 10.3. The minimum Gasteiger partial charge on any atom is -0.497 e. The van der Waals surface area contributed by atoms with Crippen molar-refractivity contribution in [3.05, 3.63) is 65.2 Å². The van der Waals surface area contributed by atoms with Gasteiger partial charge in [-0.05, 0) is 55.9 Å². The van der Waals surface area contributed by atoms with Gasteiger partial charge in [0.05, 0.1) is 13.2 Å². The molecule has 3 rings (SSSR count). The number of benzene rings is 2. The van der Waals surface area contributed by atoms with Gasteiger partial charge in [-0.15, -0.1) is 0 Å². The molecule has 1 atom stereocenters. The van der Waals surface area contributed by atoms with E-state index >= 15 is 0 Å². The second-order valence-corrected chi connectivity index (χ2v) is 7.60. The SMILES string of the molecule is COc1cccc(CN(CC2CCCO2)C(=O)CCCc2ccc(C)cc2)c1. The van der Waals surface area contributed by atoms with Crippen LogP contribution in [0.1, 0.15) is 42.4 Å². The molecular formula is C24H31NO3. The van der Waals surface area contributed by atoms with E-state index in [0.717, 1.165) is 43.6 Å². The van der Waals surface area contributed by atoms with Crippen LogP contribution in [0.3, 0.4) is 0 Å². The number of hydrogen-bond donors (Lipinski definition) is 0. The van der Waals surface area contributed by atoms with Crippen molar-refractivity contribution >= 4 is 5.91 Å². The van der Waals surface area contributed by atoms with Gasteiger partial charge in [0.15, 0.2) is 0 Å². The Morgan fingerprint density at radius 1 is 1.18 bits per heavy atom. The van der Waals surface area contributed by atoms with Gasteiger partial charge in [-0.3, -0.25) is 4.79 Å². The highest BCUT2D eigenvalue weighted by atomic mass is 16.5. The Labute approximate surface area is 168 Å². The molecule has 0 saturated carbocycles. The van der Waals surface area contributed by atoms with E-state index in [4.69, 9.17) is 9.47 Å². The van der Waals surface area contributed by atoms with E-state index < -0.39 is 0 Å². The first kappa shape index (κ1) is 20.4. The van der Waals surface area contributed by atoms with Crippen molar-refractivity contribution in [2.45, 2.75) is 51.7 Å². The largest absolute Gasteiger partial charge is 0.497 e. The zero-order chi connectivity index (χ0) is 19.8. The van der Waals surface area contributed by atoms with Crippen LogP contribution in [0.15, 0.2) is 48.5 Å². The highest BCUT2D eigenvalue weighted by Crippen LogP contribution is 2.19. The summed E-state index contributed by atoms with van der Waals surface area (Å²) in [5.41, 5.74) is 3.64. The lowest BCUT2D eigenvalue weighted by atomic mass is 10.1. The fourth-order valence-corrected chi connectivity index (χ4v) is 3.64. The molecule has 0 radical (unpaired) electrons. The summed E-state index contributed by atoms with van der Waals surface area (Å²) in [4.78, 5) is 14.9. The normalized spacial score (nSPS) is 16.1. The van der Waals surface area contributed by atoms with Crippen molar-refractivity contribution in [3.63, 3.8) is 0 Å². The number of hydrogen-bond acceptors (Lipinski definition) is 3. The van der Waals surface area contributed by atoms with Crippen LogP contribution in [0, 0.1) is 6.92 Å². The molecule has 1 fully saturated rings. The minimum atomic E-state index is 0.159. The van der Waals surface area contributed by atoms with Crippen LogP contribution in [0.5, 0.6) is 5.75 Å². The van der Waals surface area contributed by atoms with E-state index in [2.05, 4.69) is 31.2 Å². The second-order valence-electron chi connectivity index (χ2n) is 7.60. The number of ether oxygens (including phenoxy) is 2. The van der Waals surface area contributed by atoms with Crippen LogP contribution in [-0.2, 0) is 22.5 Å². The third kappa shape index (κ3) is 6.10. The molecule has 0 bridgehead atoms. The molecule has 0 aliphatic carbocycles. The van der Waals surface area contributed by atoms with Gasteiger partial charge in [0.1, 0.15) is 5.75 Å². The topological polar surface area (TPSA) is 38.8 Å². The summed E-state index contributed by atoms with van der Waals surface area (Å²) in [5.74, 6) is 1.02. The first-order valence-electron chi connectivity index (χ1n) is 10.2. The molecule has 1 amide bonds. The van der Waals surface area contributed by atoms with Crippen LogP contribution in [-0.4, -0.2) is 37.2 Å². The number of nitrogens with zero attached hydrogens (tertiary/aromatic N) is 1. The fourth-order valence-electron chi connectivity index (χ4n) is 3.64. The molecule has 4 heteroatoms. The predicted octanol–water partition coefficient (Wildman–Crippen LogP) is 4.53. The standard InChI is InChI=1S/C24H31NO3/c1-19-11-13-20(14-12-19)6-4-10-24(26)25(18-23-9-5-15-28-23)17-21-7-3-8-22(16-21)27-2/h3,7-8,11-14,16,23H,4-6,9-10,15,17-18H2,1-2H3. The summed E-state index contributed by atoms with van der Waals surface area (Å²) >= 11 is 0. The fraction of sp³-hybridized carbons (Fsp3) is 0.458. The monoisotopic (exact) mass is 381 g/mol. The van der Waals surface area contributed by atoms with Gasteiger partial charge in [0.25, 0.3) is 0 Å². The molecular weight excluding hydrogens is 350 g/mol. The third-order valence-corrected chi connectivity index (χ3v) is 5.28. The van der Waals surface area contributed by atoms with E-state index in [1.165, 1.54) is 11.1 Å². The number of carbonyl (C=O) groups is 1. The summed E-state index contributed by atoms with van der Waals surface area (Å²) in [7, 11) is 1.67. The summed E-state index contributed by atoms with van der Waals surface area (Å²) in [5, 5.41) is 0. The van der Waals surface area contributed by atoms with E-state index in [9.17, 15) is 4.79 Å². The van der Waals surface area contributed by atoms with E-state index in [-0.39, 0.29) is 12.0 Å². The lowest BCUT2D eigenvalue weighted by Crippen LogP contribution is -2.36. The van der Waals surface area contributed by atoms with Gasteiger partial charge in [0.2, 0.25) is 5.91 Å². The maximum Gasteiger partial charge on any atom is 0.222 e. The zero-order valence-corrected chi connectivity index (χ0v) is 17.0. The molecule has 1 aliphatic heterocycles. The highest BCUT2D eigenvalue weighted by molar-refractivity contribution is 5.76. The molecule has 4 nitrogen and oxygen atoms in total. The molecule has 0 N–H and O–H groups in total. The van der Waals surface area contributed by atoms with Crippen molar-refractivity contribution in [3.8, 4) is 5.75 Å². The Morgan fingerprint density at radius 3 is 2.71 bits per heavy atom. The van der Waals surface area contributed by atoms with Crippen molar-refractivity contribution in [2.75, 3.05) is 20.3 Å². The van der Waals surface area contributed by atoms with Crippen LogP contribution in [0.4, 0.5) is 0 Å². The summed E-state index contributed by atoms with van der Waals surface area (Å²) < 4.78 is 11.1. The molecule has 0 aromatic heterocycles. The van der Waals surface area contributed by atoms with Gasteiger partial charge in [-0.2, -0.15) is 0 Å². The van der Waals surface area contributed by atoms with Crippen LogP contribution >= 0.6 is 0 Å². The maximum atomic E-state index is 13.0. The highest BCUT2D eigenvalue weighted by Gasteiger charge is 2.22. The van der Waals surface area contributed by atoms with E-state index in [1.54, 1.807) is 7.11 Å². The number of rotatable bonds is 9. The Kier molecular flexibility index (Phi) is 7.49. The Balaban J connectivity index is 1.59. The number of aryl methyl sites for hydroxylation is 2. The molecule has 2 aromatic rings. The first-order valence-corrected chi connectivity index (χ1v) is 10.2. The van der Waals surface area contributed by atoms with Gasteiger partial charge in [0, 0.05) is 26.1 Å². The molecule has 0 spiro atoms. The smallest absolute Gasteiger partial charge is 0.222 e. The first-order chi connectivity index (χ1) is 13.6. The minimum absolute atomic E-state index is 0.159. The van der Waals surface area contributed by atoms with Crippen molar-refractivity contribution in [1.29, 1.82) is 0 Å². The van der Waals surface area contributed by atoms with Crippen molar-refractivity contribution < 1.29 is 14.3 Å². The molecule has 150 valence electrons. The molecule has 2 aromatic carbocycles. The van der Waals surface area contributed by atoms with Crippen LogP contribution < -0.4 is 4.74 Å². The lowest BCUT2D eigenvalue weighted by molar-refractivity contribution is -0.133. The average Bonchev–Trinajstić information content (AvgIpc) is 3.22. The van der Waals surface area contributed by atoms with Crippen LogP contribution in [0.25, 0.3) is 0 Å². The van der Waals surface area contributed by atoms with Gasteiger partial charge < -0.3 is 14.4 Å². The van der Waals surface area contributed by atoms with Crippen LogP contribution in [0.2, 0.25) is 0 Å². The zero-order valence-electron chi connectivity index (χ0n) is 17.0. The number of carbonyl (C=O) groups excluding carboxylic acids is 1. The Hall–Kier alpha value is -2.33. The maximum absolute atomic E-state index is 13.0. The van der Waals surface area contributed by atoms with Crippen molar-refractivity contribution in [2.24, 2.45) is 0 Å². The van der Waals surface area contributed by atoms with Gasteiger partial charge in [-0.25, -0.2) is 0 Å². The molecule has 1 heterocycles. The predicted molar refractivity (Wildman–Crippen MR) is 112 cm³/mol. The Bertz CT molecular complexity index is 751.